The van der Waals surface area contributed by atoms with Crippen molar-refractivity contribution in [3.8, 4) is 0 Å². The molecule has 0 aliphatic rings. The maximum atomic E-state index is 13.5. The molecule has 6 nitrogen and oxygen atoms in total. The number of anilines is 2. The van der Waals surface area contributed by atoms with Crippen molar-refractivity contribution in [2.24, 2.45) is 5.73 Å². The fraction of sp³-hybridized carbons (Fsp3) is 0.179. The Hall–Kier alpha value is -4.45. The van der Waals surface area contributed by atoms with E-state index in [1.54, 1.807) is 6.07 Å². The van der Waals surface area contributed by atoms with Crippen LogP contribution in [0.15, 0.2) is 90.8 Å². The van der Waals surface area contributed by atoms with Crippen LogP contribution in [0.4, 0.5) is 37.8 Å². The summed E-state index contributed by atoms with van der Waals surface area (Å²) in [7, 11) is 0. The van der Waals surface area contributed by atoms with Gasteiger partial charge < -0.3 is 16.4 Å². The number of allylic oxidation sites excluding steroid dienone is 3. The van der Waals surface area contributed by atoms with E-state index in [1.165, 1.54) is 18.2 Å². The summed E-state index contributed by atoms with van der Waals surface area (Å²) in [6, 6.07) is 16.2. The third-order valence-electron chi connectivity index (χ3n) is 5.75. The number of benzene rings is 2. The molecule has 4 N–H and O–H groups in total. The van der Waals surface area contributed by atoms with Gasteiger partial charge in [-0.3, -0.25) is 0 Å². The number of hydrogen-bond donors (Lipinski definition) is 3. The van der Waals surface area contributed by atoms with Gasteiger partial charge in [-0.25, -0.2) is 15.0 Å². The van der Waals surface area contributed by atoms with Crippen molar-refractivity contribution in [3.63, 3.8) is 0 Å². The first-order valence-electron chi connectivity index (χ1n) is 12.0. The van der Waals surface area contributed by atoms with Gasteiger partial charge in [0.15, 0.2) is 0 Å². The van der Waals surface area contributed by atoms with Crippen LogP contribution in [-0.4, -0.2) is 21.1 Å². The van der Waals surface area contributed by atoms with Gasteiger partial charge in [-0.05, 0) is 47.7 Å². The van der Waals surface area contributed by atoms with E-state index in [1.807, 2.05) is 30.3 Å². The van der Waals surface area contributed by atoms with Crippen molar-refractivity contribution in [2.45, 2.75) is 31.9 Å². The van der Waals surface area contributed by atoms with E-state index in [4.69, 9.17) is 5.73 Å². The number of hydrogen-bond acceptors (Lipinski definition) is 6. The Morgan fingerprint density at radius 3 is 2.30 bits per heavy atom. The van der Waals surface area contributed by atoms with Gasteiger partial charge in [0.1, 0.15) is 17.3 Å². The highest BCUT2D eigenvalue weighted by molar-refractivity contribution is 5.91. The second kappa shape index (κ2) is 12.2. The summed E-state index contributed by atoms with van der Waals surface area (Å²) in [5.74, 6) is 0.605. The van der Waals surface area contributed by atoms with Crippen LogP contribution in [-0.2, 0) is 25.7 Å². The molecule has 40 heavy (non-hydrogen) atoms. The zero-order chi connectivity index (χ0) is 28.8. The molecule has 0 saturated heterocycles. The van der Waals surface area contributed by atoms with Crippen LogP contribution < -0.4 is 16.4 Å². The van der Waals surface area contributed by atoms with Crippen LogP contribution >= 0.6 is 0 Å². The molecule has 4 aromatic rings. The molecule has 0 unspecified atom stereocenters. The maximum absolute atomic E-state index is 13.5. The Bertz CT molecular complexity index is 1500. The lowest BCUT2D eigenvalue weighted by Gasteiger charge is -2.14. The van der Waals surface area contributed by atoms with E-state index in [9.17, 15) is 26.3 Å². The summed E-state index contributed by atoms with van der Waals surface area (Å²) in [4.78, 5) is 12.5. The zero-order valence-corrected chi connectivity index (χ0v) is 20.9. The lowest BCUT2D eigenvalue weighted by molar-refractivity contribution is -0.141. The molecule has 0 amide bonds. The predicted molar refractivity (Wildman–Crippen MR) is 140 cm³/mol. The summed E-state index contributed by atoms with van der Waals surface area (Å²) < 4.78 is 79.4. The van der Waals surface area contributed by atoms with Gasteiger partial charge in [-0.15, -0.1) is 0 Å². The molecule has 12 heteroatoms. The van der Waals surface area contributed by atoms with Crippen molar-refractivity contribution in [3.05, 3.63) is 113 Å². The van der Waals surface area contributed by atoms with E-state index in [-0.39, 0.29) is 18.1 Å². The highest BCUT2D eigenvalue weighted by Gasteiger charge is 2.33. The summed E-state index contributed by atoms with van der Waals surface area (Å²) in [6.45, 7) is 0.742. The average molecular weight is 559 g/mol. The number of pyridine rings is 1. The van der Waals surface area contributed by atoms with E-state index < -0.39 is 30.0 Å². The molecule has 0 aliphatic carbocycles. The molecule has 2 heterocycles. The van der Waals surface area contributed by atoms with E-state index in [2.05, 4.69) is 25.6 Å². The SMILES string of the molecule is N/C=C\C=C(/Cc1ccc2c(Nc3ccc(C(F)(F)F)nc3)nc(CNCc3ccccc3)nc2c1)C(F)(F)F. The third-order valence-corrected chi connectivity index (χ3v) is 5.75. The minimum Gasteiger partial charge on any atom is -0.405 e. The minimum atomic E-state index is -4.59. The largest absolute Gasteiger partial charge is 0.433 e. The summed E-state index contributed by atoms with van der Waals surface area (Å²) in [6.07, 6.45) is -5.49. The molecule has 4 rings (SSSR count). The highest BCUT2D eigenvalue weighted by Crippen LogP contribution is 2.32. The number of nitrogens with zero attached hydrogens (tertiary/aromatic N) is 3. The van der Waals surface area contributed by atoms with Gasteiger partial charge in [0.05, 0.1) is 23.9 Å². The molecular formula is C28H24F6N6. The molecule has 0 spiro atoms. The fourth-order valence-electron chi connectivity index (χ4n) is 3.84. The van der Waals surface area contributed by atoms with E-state index in [0.717, 1.165) is 36.2 Å². The first-order chi connectivity index (χ1) is 19.0. The van der Waals surface area contributed by atoms with E-state index in [0.29, 0.717) is 28.8 Å². The Morgan fingerprint density at radius 2 is 1.65 bits per heavy atom. The maximum Gasteiger partial charge on any atom is 0.433 e. The smallest absolute Gasteiger partial charge is 0.405 e. The summed E-state index contributed by atoms with van der Waals surface area (Å²) >= 11 is 0. The lowest BCUT2D eigenvalue weighted by Crippen LogP contribution is -2.16. The summed E-state index contributed by atoms with van der Waals surface area (Å²) in [5, 5.41) is 6.65. The topological polar surface area (TPSA) is 88.8 Å². The Kier molecular flexibility index (Phi) is 8.68. The Balaban J connectivity index is 1.67. The van der Waals surface area contributed by atoms with Crippen LogP contribution in [0, 0.1) is 0 Å². The van der Waals surface area contributed by atoms with Crippen molar-refractivity contribution < 1.29 is 26.3 Å². The molecule has 2 aromatic carbocycles. The molecular weight excluding hydrogens is 534 g/mol. The highest BCUT2D eigenvalue weighted by atomic mass is 19.4. The molecule has 2 aromatic heterocycles. The molecule has 0 aliphatic heterocycles. The van der Waals surface area contributed by atoms with Gasteiger partial charge in [0.25, 0.3) is 0 Å². The number of aromatic nitrogens is 3. The van der Waals surface area contributed by atoms with Crippen molar-refractivity contribution >= 4 is 22.4 Å². The Morgan fingerprint density at radius 1 is 0.875 bits per heavy atom. The molecule has 208 valence electrons. The van der Waals surface area contributed by atoms with E-state index >= 15 is 0 Å². The average Bonchev–Trinajstić information content (AvgIpc) is 2.90. The number of alkyl halides is 6. The minimum absolute atomic E-state index is 0.226. The number of fused-ring (bicyclic) bond motifs is 1. The van der Waals surface area contributed by atoms with Gasteiger partial charge in [-0.2, -0.15) is 26.3 Å². The number of halogens is 6. The number of nitrogens with one attached hydrogen (secondary N) is 2. The molecule has 0 radical (unpaired) electrons. The van der Waals surface area contributed by atoms with Crippen molar-refractivity contribution in [1.29, 1.82) is 0 Å². The standard InChI is InChI=1S/C28H24F6N6/c29-27(30,31)20(7-4-12-35)13-19-8-10-22-23(14-19)39-25(17-36-15-18-5-2-1-3-6-18)40-26(22)38-21-9-11-24(37-16-21)28(32,33)34/h1-12,14,16,36H,13,15,17,35H2,(H,38,39,40)/b12-4-,20-7+. The number of rotatable bonds is 9. The second-order valence-electron chi connectivity index (χ2n) is 8.74. The van der Waals surface area contributed by atoms with Crippen LogP contribution in [0.3, 0.4) is 0 Å². The van der Waals surface area contributed by atoms with Crippen molar-refractivity contribution in [1.82, 2.24) is 20.3 Å². The second-order valence-corrected chi connectivity index (χ2v) is 8.74. The first-order valence-corrected chi connectivity index (χ1v) is 12.0. The first kappa shape index (κ1) is 28.6. The summed E-state index contributed by atoms with van der Waals surface area (Å²) in [5.41, 5.74) is 5.36. The van der Waals surface area contributed by atoms with Gasteiger partial charge in [0.2, 0.25) is 0 Å². The van der Waals surface area contributed by atoms with Gasteiger partial charge in [-0.1, -0.05) is 42.5 Å². The molecule has 0 fully saturated rings. The molecule has 0 saturated carbocycles. The van der Waals surface area contributed by atoms with Crippen molar-refractivity contribution in [2.75, 3.05) is 5.32 Å². The van der Waals surface area contributed by atoms with Crippen LogP contribution in [0.1, 0.15) is 22.6 Å². The monoisotopic (exact) mass is 558 g/mol. The van der Waals surface area contributed by atoms with Crippen LogP contribution in [0.25, 0.3) is 10.9 Å². The Labute approximate surface area is 225 Å². The predicted octanol–water partition coefficient (Wildman–Crippen LogP) is 6.58. The fourth-order valence-corrected chi connectivity index (χ4v) is 3.84. The third kappa shape index (κ3) is 7.56. The quantitative estimate of drug-likeness (QED) is 0.159. The van der Waals surface area contributed by atoms with Gasteiger partial charge in [0, 0.05) is 23.9 Å². The van der Waals surface area contributed by atoms with Crippen LogP contribution in [0.5, 0.6) is 0 Å². The lowest BCUT2D eigenvalue weighted by atomic mass is 10.0. The van der Waals surface area contributed by atoms with Crippen LogP contribution in [0.2, 0.25) is 0 Å². The zero-order valence-electron chi connectivity index (χ0n) is 20.9. The normalized spacial score (nSPS) is 12.8. The molecule has 0 bridgehead atoms. The van der Waals surface area contributed by atoms with Gasteiger partial charge >= 0.3 is 12.4 Å². The number of nitrogens with two attached hydrogens (primary N) is 1. The molecule has 0 atom stereocenters.